The molecule has 1 aliphatic rings. The molecule has 1 aromatic rings. The van der Waals surface area contributed by atoms with Gasteiger partial charge in [0.15, 0.2) is 0 Å². The number of hydrogen-bond acceptors (Lipinski definition) is 4. The van der Waals surface area contributed by atoms with E-state index in [0.29, 0.717) is 6.54 Å². The van der Waals surface area contributed by atoms with Gasteiger partial charge in [-0.1, -0.05) is 0 Å². The second-order valence-electron chi connectivity index (χ2n) is 6.62. The van der Waals surface area contributed by atoms with E-state index in [1.54, 1.807) is 6.20 Å². The highest BCUT2D eigenvalue weighted by Crippen LogP contribution is 2.38. The zero-order chi connectivity index (χ0) is 17.3. The van der Waals surface area contributed by atoms with E-state index in [1.165, 1.54) is 6.92 Å². The van der Waals surface area contributed by atoms with Crippen LogP contribution in [0.2, 0.25) is 0 Å². The van der Waals surface area contributed by atoms with Crippen LogP contribution in [0.15, 0.2) is 28.3 Å². The van der Waals surface area contributed by atoms with Crippen LogP contribution >= 0.6 is 15.9 Å². The Morgan fingerprint density at radius 3 is 2.39 bits per heavy atom. The smallest absolute Gasteiger partial charge is 0.400 e. The predicted octanol–water partition coefficient (Wildman–Crippen LogP) is 3.00. The average molecular weight is 381 g/mol. The molecule has 0 spiro atoms. The number of nitrogens with one attached hydrogen (secondary N) is 1. The van der Waals surface area contributed by atoms with Gasteiger partial charge in [0.1, 0.15) is 0 Å². The number of carbonyl (C=O) groups excluding carboxylic acids is 1. The molecule has 1 fully saturated rings. The third kappa shape index (κ3) is 4.43. The molecule has 2 rings (SSSR count). The fraction of sp³-hybridized carbons (Fsp3) is 0.500. The summed E-state index contributed by atoms with van der Waals surface area (Å²) in [4.78, 5) is 15.6. The van der Waals surface area contributed by atoms with Gasteiger partial charge in [-0.05, 0) is 67.3 Å². The summed E-state index contributed by atoms with van der Waals surface area (Å²) in [6.07, 6.45) is 3.62. The molecule has 0 aliphatic carbocycles. The molecule has 2 heterocycles. The maximum Gasteiger partial charge on any atom is 0.492 e. The summed E-state index contributed by atoms with van der Waals surface area (Å²) in [6, 6.07) is 3.81. The Labute approximate surface area is 146 Å². The first kappa shape index (κ1) is 18.2. The standard InChI is InChI=1S/C16H22BBrN2O3/c1-11(21)19-9-12(8-14-7-6-13(18)10-20-14)17-22-15(2,3)16(4,5)23-17/h6-8,10H,9H2,1-5H3,(H,19,21). The normalized spacial score (nSPS) is 19.7. The van der Waals surface area contributed by atoms with Gasteiger partial charge in [-0.3, -0.25) is 9.78 Å². The summed E-state index contributed by atoms with van der Waals surface area (Å²) >= 11 is 3.37. The highest BCUT2D eigenvalue weighted by atomic mass is 79.9. The topological polar surface area (TPSA) is 60.5 Å². The third-order valence-electron chi connectivity index (χ3n) is 4.18. The number of carbonyl (C=O) groups is 1. The number of nitrogens with zero attached hydrogens (tertiary/aromatic N) is 1. The van der Waals surface area contributed by atoms with Gasteiger partial charge in [-0.15, -0.1) is 0 Å². The molecule has 0 atom stereocenters. The molecule has 0 bridgehead atoms. The van der Waals surface area contributed by atoms with E-state index in [0.717, 1.165) is 15.6 Å². The van der Waals surface area contributed by atoms with Gasteiger partial charge in [-0.25, -0.2) is 0 Å². The summed E-state index contributed by atoms with van der Waals surface area (Å²) in [6.45, 7) is 9.84. The highest BCUT2D eigenvalue weighted by molar-refractivity contribution is 9.10. The van der Waals surface area contributed by atoms with Gasteiger partial charge in [0, 0.05) is 24.1 Å². The van der Waals surface area contributed by atoms with Crippen molar-refractivity contribution in [1.82, 2.24) is 10.3 Å². The molecule has 23 heavy (non-hydrogen) atoms. The first-order valence-electron chi connectivity index (χ1n) is 7.53. The lowest BCUT2D eigenvalue weighted by Gasteiger charge is -2.32. The minimum absolute atomic E-state index is 0.101. The predicted molar refractivity (Wildman–Crippen MR) is 94.7 cm³/mol. The first-order valence-corrected chi connectivity index (χ1v) is 8.32. The lowest BCUT2D eigenvalue weighted by molar-refractivity contribution is -0.118. The van der Waals surface area contributed by atoms with Crippen molar-refractivity contribution in [1.29, 1.82) is 0 Å². The van der Waals surface area contributed by atoms with Crippen molar-refractivity contribution in [3.63, 3.8) is 0 Å². The fourth-order valence-corrected chi connectivity index (χ4v) is 2.32. The van der Waals surface area contributed by atoms with Gasteiger partial charge in [0.05, 0.1) is 16.9 Å². The molecule has 1 saturated heterocycles. The van der Waals surface area contributed by atoms with Crippen molar-refractivity contribution < 1.29 is 14.1 Å². The minimum atomic E-state index is -0.516. The number of amides is 1. The molecule has 0 saturated carbocycles. The van der Waals surface area contributed by atoms with E-state index in [-0.39, 0.29) is 5.91 Å². The van der Waals surface area contributed by atoms with Gasteiger partial charge in [0.25, 0.3) is 0 Å². The van der Waals surface area contributed by atoms with Crippen molar-refractivity contribution >= 4 is 35.0 Å². The Morgan fingerprint density at radius 1 is 1.30 bits per heavy atom. The monoisotopic (exact) mass is 380 g/mol. The Morgan fingerprint density at radius 2 is 1.91 bits per heavy atom. The van der Waals surface area contributed by atoms with Crippen molar-refractivity contribution in [3.05, 3.63) is 34.0 Å². The van der Waals surface area contributed by atoms with E-state index in [4.69, 9.17) is 9.31 Å². The Bertz CT molecular complexity index is 598. The van der Waals surface area contributed by atoms with Gasteiger partial charge in [0.2, 0.25) is 5.91 Å². The summed E-state index contributed by atoms with van der Waals surface area (Å²) in [5.74, 6) is -0.101. The second-order valence-corrected chi connectivity index (χ2v) is 7.53. The van der Waals surface area contributed by atoms with Crippen LogP contribution in [-0.4, -0.2) is 35.8 Å². The van der Waals surface area contributed by atoms with E-state index in [9.17, 15) is 4.79 Å². The van der Waals surface area contributed by atoms with Crippen LogP contribution in [0.4, 0.5) is 0 Å². The van der Waals surface area contributed by atoms with E-state index >= 15 is 0 Å². The maximum atomic E-state index is 11.3. The summed E-state index contributed by atoms with van der Waals surface area (Å²) in [7, 11) is -0.516. The zero-order valence-electron chi connectivity index (χ0n) is 14.1. The molecule has 0 radical (unpaired) electrons. The Balaban J connectivity index is 2.28. The molecule has 1 N–H and O–H groups in total. The van der Waals surface area contributed by atoms with Gasteiger partial charge in [-0.2, -0.15) is 0 Å². The van der Waals surface area contributed by atoms with Crippen LogP contribution in [0.3, 0.4) is 0 Å². The summed E-state index contributed by atoms with van der Waals surface area (Å²) in [5, 5.41) is 2.80. The van der Waals surface area contributed by atoms with E-state index in [2.05, 4.69) is 26.2 Å². The summed E-state index contributed by atoms with van der Waals surface area (Å²) in [5.41, 5.74) is 0.747. The average Bonchev–Trinajstić information content (AvgIpc) is 2.65. The quantitative estimate of drug-likeness (QED) is 0.815. The molecule has 124 valence electrons. The first-order chi connectivity index (χ1) is 10.6. The van der Waals surface area contributed by atoms with Gasteiger partial charge >= 0.3 is 7.12 Å². The second kappa shape index (κ2) is 6.75. The molecule has 0 unspecified atom stereocenters. The molecule has 1 aromatic heterocycles. The molecule has 5 nitrogen and oxygen atoms in total. The number of hydrogen-bond donors (Lipinski definition) is 1. The molecule has 7 heteroatoms. The van der Waals surface area contributed by atoms with Crippen LogP contribution in [0.25, 0.3) is 6.08 Å². The van der Waals surface area contributed by atoms with Crippen LogP contribution in [0.5, 0.6) is 0 Å². The van der Waals surface area contributed by atoms with Crippen LogP contribution in [0, 0.1) is 0 Å². The molecule has 1 amide bonds. The Hall–Kier alpha value is -1.18. The maximum absolute atomic E-state index is 11.3. The number of rotatable bonds is 4. The largest absolute Gasteiger partial charge is 0.492 e. The van der Waals surface area contributed by atoms with Crippen molar-refractivity contribution in [2.75, 3.05) is 6.54 Å². The van der Waals surface area contributed by atoms with Crippen molar-refractivity contribution in [2.24, 2.45) is 0 Å². The molecular formula is C16H22BBrN2O3. The fourth-order valence-electron chi connectivity index (χ4n) is 2.09. The lowest BCUT2D eigenvalue weighted by atomic mass is 9.77. The SMILES string of the molecule is CC(=O)NCC(=Cc1ccc(Br)cn1)B1OC(C)(C)C(C)(C)O1. The minimum Gasteiger partial charge on any atom is -0.400 e. The third-order valence-corrected chi connectivity index (χ3v) is 4.65. The number of pyridine rings is 1. The highest BCUT2D eigenvalue weighted by Gasteiger charge is 2.52. The van der Waals surface area contributed by atoms with Gasteiger partial charge < -0.3 is 14.6 Å². The number of aromatic nitrogens is 1. The van der Waals surface area contributed by atoms with Crippen molar-refractivity contribution in [3.8, 4) is 0 Å². The lowest BCUT2D eigenvalue weighted by Crippen LogP contribution is -2.41. The molecule has 1 aliphatic heterocycles. The molecule has 0 aromatic carbocycles. The van der Waals surface area contributed by atoms with Crippen molar-refractivity contribution in [2.45, 2.75) is 45.8 Å². The van der Waals surface area contributed by atoms with E-state index < -0.39 is 18.3 Å². The summed E-state index contributed by atoms with van der Waals surface area (Å²) < 4.78 is 13.1. The van der Waals surface area contributed by atoms with Crippen LogP contribution in [0.1, 0.15) is 40.3 Å². The number of halogens is 1. The zero-order valence-corrected chi connectivity index (χ0v) is 15.7. The van der Waals surface area contributed by atoms with E-state index in [1.807, 2.05) is 45.9 Å². The van der Waals surface area contributed by atoms with Crippen LogP contribution in [-0.2, 0) is 14.1 Å². The Kier molecular flexibility index (Phi) is 5.33. The molecular weight excluding hydrogens is 359 g/mol. The van der Waals surface area contributed by atoms with Crippen LogP contribution < -0.4 is 5.32 Å².